The number of carbonyl (C=O) groups is 2. The van der Waals surface area contributed by atoms with Crippen LogP contribution in [0.1, 0.15) is 34.3 Å². The quantitative estimate of drug-likeness (QED) is 0.571. The van der Waals surface area contributed by atoms with Gasteiger partial charge in [-0.3, -0.25) is 9.59 Å². The second-order valence-electron chi connectivity index (χ2n) is 9.01. The number of amides is 2. The van der Waals surface area contributed by atoms with Gasteiger partial charge in [0.25, 0.3) is 5.91 Å². The largest absolute Gasteiger partial charge is 0.586 e. The van der Waals surface area contributed by atoms with E-state index in [1.165, 1.54) is 17.0 Å². The van der Waals surface area contributed by atoms with E-state index in [4.69, 9.17) is 0 Å². The van der Waals surface area contributed by atoms with Crippen LogP contribution in [0.15, 0.2) is 54.6 Å². The van der Waals surface area contributed by atoms with Crippen molar-refractivity contribution in [3.8, 4) is 22.8 Å². The molecular weight excluding hydrogens is 456 g/mol. The molecule has 0 spiro atoms. The average molecular weight is 479 g/mol. The zero-order valence-electron chi connectivity index (χ0n) is 19.4. The van der Waals surface area contributed by atoms with Gasteiger partial charge >= 0.3 is 6.29 Å². The number of alkyl halides is 2. The SMILES string of the molecule is Cc1ccc(NC(=O)C2(c3ccc4c(c3)OC(F)(F)O4)CC2)nc1-c1cccc(C(=O)N(C)C)c1. The predicted octanol–water partition coefficient (Wildman–Crippen LogP) is 4.75. The van der Waals surface area contributed by atoms with Crippen molar-refractivity contribution >= 4 is 17.6 Å². The number of nitrogens with zero attached hydrogens (tertiary/aromatic N) is 2. The van der Waals surface area contributed by atoms with Crippen LogP contribution in [0.2, 0.25) is 0 Å². The predicted molar refractivity (Wildman–Crippen MR) is 125 cm³/mol. The molecule has 0 atom stereocenters. The van der Waals surface area contributed by atoms with Crippen LogP contribution in [-0.2, 0) is 10.2 Å². The lowest BCUT2D eigenvalue weighted by Gasteiger charge is -2.17. The highest BCUT2D eigenvalue weighted by atomic mass is 19.3. The first-order valence-electron chi connectivity index (χ1n) is 11.1. The summed E-state index contributed by atoms with van der Waals surface area (Å²) in [5.41, 5.74) is 2.55. The summed E-state index contributed by atoms with van der Waals surface area (Å²) in [6.07, 6.45) is -2.57. The Morgan fingerprint density at radius 1 is 1.00 bits per heavy atom. The van der Waals surface area contributed by atoms with Crippen molar-refractivity contribution in [2.75, 3.05) is 19.4 Å². The van der Waals surface area contributed by atoms with Crippen molar-refractivity contribution in [1.29, 1.82) is 0 Å². The highest BCUT2D eigenvalue weighted by molar-refractivity contribution is 6.01. The third-order valence-corrected chi connectivity index (χ3v) is 6.27. The topological polar surface area (TPSA) is 80.8 Å². The lowest BCUT2D eigenvalue weighted by molar-refractivity contribution is -0.286. The molecule has 180 valence electrons. The molecule has 2 amide bonds. The van der Waals surface area contributed by atoms with Crippen molar-refractivity contribution < 1.29 is 27.8 Å². The first kappa shape index (κ1) is 22.8. The lowest BCUT2D eigenvalue weighted by atomic mass is 9.94. The van der Waals surface area contributed by atoms with Crippen LogP contribution in [0, 0.1) is 6.92 Å². The molecule has 2 heterocycles. The molecule has 1 fully saturated rings. The minimum absolute atomic E-state index is 0.0604. The molecule has 1 aliphatic carbocycles. The molecule has 7 nitrogen and oxygen atoms in total. The molecule has 35 heavy (non-hydrogen) atoms. The van der Waals surface area contributed by atoms with E-state index >= 15 is 0 Å². The summed E-state index contributed by atoms with van der Waals surface area (Å²) in [5, 5.41) is 2.87. The summed E-state index contributed by atoms with van der Waals surface area (Å²) in [6.45, 7) is 1.90. The molecule has 2 aromatic carbocycles. The summed E-state index contributed by atoms with van der Waals surface area (Å²) in [7, 11) is 3.38. The normalized spacial score (nSPS) is 16.5. The highest BCUT2D eigenvalue weighted by Gasteiger charge is 2.53. The number of anilines is 1. The van der Waals surface area contributed by atoms with Crippen molar-refractivity contribution in [3.63, 3.8) is 0 Å². The Morgan fingerprint density at radius 3 is 2.46 bits per heavy atom. The summed E-state index contributed by atoms with van der Waals surface area (Å²) in [6, 6.07) is 15.2. The number of aryl methyl sites for hydroxylation is 1. The number of hydrogen-bond donors (Lipinski definition) is 1. The van der Waals surface area contributed by atoms with Crippen LogP contribution in [0.3, 0.4) is 0 Å². The van der Waals surface area contributed by atoms with Crippen molar-refractivity contribution in [3.05, 3.63) is 71.3 Å². The van der Waals surface area contributed by atoms with E-state index < -0.39 is 11.7 Å². The summed E-state index contributed by atoms with van der Waals surface area (Å²) in [4.78, 5) is 31.8. The molecule has 1 saturated carbocycles. The molecule has 0 unspecified atom stereocenters. The number of benzene rings is 2. The van der Waals surface area contributed by atoms with E-state index in [0.29, 0.717) is 35.5 Å². The van der Waals surface area contributed by atoms with E-state index in [1.807, 2.05) is 19.1 Å². The average Bonchev–Trinajstić information content (AvgIpc) is 3.57. The number of rotatable bonds is 5. The number of aromatic nitrogens is 1. The van der Waals surface area contributed by atoms with Crippen LogP contribution >= 0.6 is 0 Å². The van der Waals surface area contributed by atoms with E-state index in [9.17, 15) is 18.4 Å². The fraction of sp³-hybridized carbons (Fsp3) is 0.269. The van der Waals surface area contributed by atoms with E-state index in [2.05, 4.69) is 19.8 Å². The molecule has 5 rings (SSSR count). The molecule has 2 aliphatic rings. The highest BCUT2D eigenvalue weighted by Crippen LogP contribution is 2.52. The van der Waals surface area contributed by atoms with Gasteiger partial charge in [0.05, 0.1) is 11.1 Å². The van der Waals surface area contributed by atoms with Gasteiger partial charge < -0.3 is 19.7 Å². The Labute approximate surface area is 200 Å². The Bertz CT molecular complexity index is 1350. The fourth-order valence-electron chi connectivity index (χ4n) is 4.20. The first-order chi connectivity index (χ1) is 16.6. The molecule has 1 aromatic heterocycles. The first-order valence-corrected chi connectivity index (χ1v) is 11.1. The number of hydrogen-bond acceptors (Lipinski definition) is 5. The van der Waals surface area contributed by atoms with Crippen molar-refractivity contribution in [1.82, 2.24) is 9.88 Å². The second kappa shape index (κ2) is 8.04. The molecule has 9 heteroatoms. The molecule has 3 aromatic rings. The van der Waals surface area contributed by atoms with Gasteiger partial charge in [0.2, 0.25) is 5.91 Å². The van der Waals surface area contributed by atoms with Crippen LogP contribution in [-0.4, -0.2) is 42.1 Å². The zero-order valence-corrected chi connectivity index (χ0v) is 19.4. The maximum atomic E-state index is 13.4. The Morgan fingerprint density at radius 2 is 1.74 bits per heavy atom. The van der Waals surface area contributed by atoms with Gasteiger partial charge in [-0.15, -0.1) is 8.78 Å². The minimum Gasteiger partial charge on any atom is -0.395 e. The zero-order chi connectivity index (χ0) is 25.0. The Hall–Kier alpha value is -4.01. The summed E-state index contributed by atoms with van der Waals surface area (Å²) in [5.74, 6) is -0.184. The van der Waals surface area contributed by atoms with Crippen LogP contribution in [0.25, 0.3) is 11.3 Å². The van der Waals surface area contributed by atoms with Crippen LogP contribution in [0.5, 0.6) is 11.5 Å². The molecular formula is C26H23F2N3O4. The minimum atomic E-state index is -3.71. The fourth-order valence-corrected chi connectivity index (χ4v) is 4.20. The van der Waals surface area contributed by atoms with Gasteiger partial charge in [-0.2, -0.15) is 0 Å². The van der Waals surface area contributed by atoms with Crippen LogP contribution < -0.4 is 14.8 Å². The molecule has 1 aliphatic heterocycles. The summed E-state index contributed by atoms with van der Waals surface area (Å²) >= 11 is 0. The number of ether oxygens (including phenoxy) is 2. The Kier molecular flexibility index (Phi) is 5.23. The van der Waals surface area contributed by atoms with Gasteiger partial charge in [-0.05, 0) is 61.2 Å². The van der Waals surface area contributed by atoms with Gasteiger partial charge in [0.1, 0.15) is 5.82 Å². The number of fused-ring (bicyclic) bond motifs is 1. The maximum Gasteiger partial charge on any atom is 0.586 e. The van der Waals surface area contributed by atoms with Gasteiger partial charge in [0, 0.05) is 25.2 Å². The molecule has 0 radical (unpaired) electrons. The van der Waals surface area contributed by atoms with Gasteiger partial charge in [-0.1, -0.05) is 24.3 Å². The molecule has 0 bridgehead atoms. The third kappa shape index (κ3) is 4.18. The third-order valence-electron chi connectivity index (χ3n) is 6.27. The van der Waals surface area contributed by atoms with E-state index in [-0.39, 0.29) is 23.3 Å². The van der Waals surface area contributed by atoms with Gasteiger partial charge in [0.15, 0.2) is 11.5 Å². The molecule has 1 N–H and O–H groups in total. The number of carbonyl (C=O) groups excluding carboxylic acids is 2. The smallest absolute Gasteiger partial charge is 0.395 e. The number of nitrogens with one attached hydrogen (secondary N) is 1. The maximum absolute atomic E-state index is 13.4. The van der Waals surface area contributed by atoms with Crippen LogP contribution in [0.4, 0.5) is 14.6 Å². The number of halogens is 2. The van der Waals surface area contributed by atoms with Crippen molar-refractivity contribution in [2.45, 2.75) is 31.5 Å². The number of pyridine rings is 1. The van der Waals surface area contributed by atoms with Crippen molar-refractivity contribution in [2.24, 2.45) is 0 Å². The molecule has 0 saturated heterocycles. The Balaban J connectivity index is 1.39. The summed E-state index contributed by atoms with van der Waals surface area (Å²) < 4.78 is 35.8. The standard InChI is InChI=1S/C26H23F2N3O4/c1-15-7-10-21(29-22(15)16-5-4-6-17(13-16)23(32)31(2)3)30-24(33)25(11-12-25)18-8-9-19-20(14-18)35-26(27,28)34-19/h4-10,13-14H,11-12H2,1-3H3,(H,29,30,33). The lowest BCUT2D eigenvalue weighted by Crippen LogP contribution is -2.28. The second-order valence-corrected chi connectivity index (χ2v) is 9.01. The van der Waals surface area contributed by atoms with Gasteiger partial charge in [-0.25, -0.2) is 4.98 Å². The monoisotopic (exact) mass is 479 g/mol. The van der Waals surface area contributed by atoms with E-state index in [1.54, 1.807) is 44.4 Å². The van der Waals surface area contributed by atoms with E-state index in [0.717, 1.165) is 11.1 Å².